The second-order valence-corrected chi connectivity index (χ2v) is 5.90. The second kappa shape index (κ2) is 8.26. The molecule has 1 aromatic carbocycles. The van der Waals surface area contributed by atoms with Crippen LogP contribution in [0.1, 0.15) is 35.0 Å². The molecule has 140 valence electrons. The van der Waals surface area contributed by atoms with Crippen molar-refractivity contribution in [2.45, 2.75) is 32.9 Å². The van der Waals surface area contributed by atoms with Crippen LogP contribution in [0.2, 0.25) is 0 Å². The van der Waals surface area contributed by atoms with Gasteiger partial charge in [-0.15, -0.1) is 0 Å². The summed E-state index contributed by atoms with van der Waals surface area (Å²) in [7, 11) is 0. The van der Waals surface area contributed by atoms with E-state index in [1.807, 2.05) is 0 Å². The van der Waals surface area contributed by atoms with Gasteiger partial charge in [0, 0.05) is 6.07 Å². The minimum atomic E-state index is -0.927. The lowest BCUT2D eigenvalue weighted by molar-refractivity contribution is -0.124. The van der Waals surface area contributed by atoms with Gasteiger partial charge in [0.15, 0.2) is 11.9 Å². The summed E-state index contributed by atoms with van der Waals surface area (Å²) in [5, 5.41) is 10.3. The van der Waals surface area contributed by atoms with E-state index in [2.05, 4.69) is 20.6 Å². The molecule has 3 aromatic rings. The van der Waals surface area contributed by atoms with Gasteiger partial charge in [0.2, 0.25) is 0 Å². The van der Waals surface area contributed by atoms with Crippen molar-refractivity contribution >= 4 is 17.7 Å². The van der Waals surface area contributed by atoms with Crippen molar-refractivity contribution < 1.29 is 18.8 Å². The first-order chi connectivity index (χ1) is 13.0. The average molecular weight is 369 g/mol. The van der Waals surface area contributed by atoms with Gasteiger partial charge < -0.3 is 14.6 Å². The first kappa shape index (κ1) is 18.3. The largest absolute Gasteiger partial charge is 0.449 e. The van der Waals surface area contributed by atoms with E-state index in [-0.39, 0.29) is 5.82 Å². The SMILES string of the molecule is CC[C@H](OC(=O)c1ccc(Cn2cncn2)cc1)C(=O)Nc1cc(C)on1. The van der Waals surface area contributed by atoms with E-state index in [1.165, 1.54) is 6.33 Å². The summed E-state index contributed by atoms with van der Waals surface area (Å²) in [5.41, 5.74) is 1.32. The van der Waals surface area contributed by atoms with Crippen molar-refractivity contribution in [2.75, 3.05) is 5.32 Å². The van der Waals surface area contributed by atoms with Crippen molar-refractivity contribution in [3.8, 4) is 0 Å². The zero-order valence-corrected chi connectivity index (χ0v) is 15.0. The maximum Gasteiger partial charge on any atom is 0.338 e. The molecule has 2 heterocycles. The third kappa shape index (κ3) is 4.78. The van der Waals surface area contributed by atoms with E-state index in [1.54, 1.807) is 55.2 Å². The van der Waals surface area contributed by atoms with Crippen molar-refractivity contribution in [3.63, 3.8) is 0 Å². The van der Waals surface area contributed by atoms with E-state index in [0.717, 1.165) is 5.56 Å². The molecule has 0 saturated heterocycles. The van der Waals surface area contributed by atoms with E-state index in [0.29, 0.717) is 24.3 Å². The zero-order valence-electron chi connectivity index (χ0n) is 15.0. The molecule has 0 aliphatic rings. The summed E-state index contributed by atoms with van der Waals surface area (Å²) >= 11 is 0. The number of nitrogens with one attached hydrogen (secondary N) is 1. The number of anilines is 1. The highest BCUT2D eigenvalue weighted by Crippen LogP contribution is 2.12. The first-order valence-corrected chi connectivity index (χ1v) is 8.41. The highest BCUT2D eigenvalue weighted by molar-refractivity contribution is 5.97. The first-order valence-electron chi connectivity index (χ1n) is 8.41. The molecule has 0 aliphatic carbocycles. The van der Waals surface area contributed by atoms with Gasteiger partial charge >= 0.3 is 5.97 Å². The topological polar surface area (TPSA) is 112 Å². The molecular weight excluding hydrogens is 350 g/mol. The monoisotopic (exact) mass is 369 g/mol. The zero-order chi connectivity index (χ0) is 19.2. The Morgan fingerprint density at radius 3 is 2.67 bits per heavy atom. The van der Waals surface area contributed by atoms with Crippen LogP contribution in [0, 0.1) is 6.92 Å². The van der Waals surface area contributed by atoms with E-state index < -0.39 is 18.0 Å². The summed E-state index contributed by atoms with van der Waals surface area (Å²) in [6, 6.07) is 8.50. The fourth-order valence-corrected chi connectivity index (χ4v) is 2.40. The molecular formula is C18H19N5O4. The number of aromatic nitrogens is 4. The Morgan fingerprint density at radius 2 is 2.07 bits per heavy atom. The van der Waals surface area contributed by atoms with Crippen molar-refractivity contribution in [1.82, 2.24) is 19.9 Å². The summed E-state index contributed by atoms with van der Waals surface area (Å²) in [5.74, 6) is -0.173. The van der Waals surface area contributed by atoms with Crippen LogP contribution < -0.4 is 5.32 Å². The van der Waals surface area contributed by atoms with Gasteiger partial charge in [0.05, 0.1) is 12.1 Å². The predicted octanol–water partition coefficient (Wildman–Crippen LogP) is 2.20. The van der Waals surface area contributed by atoms with Crippen molar-refractivity contribution in [3.05, 3.63) is 59.9 Å². The number of amides is 1. The fraction of sp³-hybridized carbons (Fsp3) is 0.278. The number of hydrogen-bond donors (Lipinski definition) is 1. The van der Waals surface area contributed by atoms with E-state index in [4.69, 9.17) is 9.26 Å². The number of esters is 1. The fourth-order valence-electron chi connectivity index (χ4n) is 2.40. The number of rotatable bonds is 7. The maximum atomic E-state index is 12.3. The standard InChI is InChI=1S/C18H19N5O4/c1-3-15(17(24)21-16-8-12(2)27-22-16)26-18(25)14-6-4-13(5-7-14)9-23-11-19-10-20-23/h4-8,10-11,15H,3,9H2,1-2H3,(H,21,22,24)/t15-/m0/s1. The molecule has 1 atom stereocenters. The number of nitrogens with zero attached hydrogens (tertiary/aromatic N) is 4. The molecule has 1 N–H and O–H groups in total. The molecule has 0 radical (unpaired) electrons. The lowest BCUT2D eigenvalue weighted by Crippen LogP contribution is -2.32. The smallest absolute Gasteiger partial charge is 0.338 e. The molecule has 0 bridgehead atoms. The average Bonchev–Trinajstić information content (AvgIpc) is 3.31. The van der Waals surface area contributed by atoms with Crippen LogP contribution in [-0.2, 0) is 16.1 Å². The van der Waals surface area contributed by atoms with E-state index >= 15 is 0 Å². The van der Waals surface area contributed by atoms with Gasteiger partial charge in [-0.2, -0.15) is 5.10 Å². The summed E-state index contributed by atoms with van der Waals surface area (Å²) < 4.78 is 11.9. The summed E-state index contributed by atoms with van der Waals surface area (Å²) in [6.07, 6.45) is 2.48. The highest BCUT2D eigenvalue weighted by atomic mass is 16.5. The number of benzene rings is 1. The number of carbonyl (C=O) groups is 2. The second-order valence-electron chi connectivity index (χ2n) is 5.90. The van der Waals surface area contributed by atoms with Gasteiger partial charge in [0.1, 0.15) is 18.4 Å². The Balaban J connectivity index is 1.59. The molecule has 2 aromatic heterocycles. The van der Waals surface area contributed by atoms with Crippen LogP contribution >= 0.6 is 0 Å². The van der Waals surface area contributed by atoms with Gasteiger partial charge in [-0.3, -0.25) is 4.79 Å². The molecule has 0 unspecified atom stereocenters. The molecule has 0 saturated carbocycles. The van der Waals surface area contributed by atoms with Gasteiger partial charge in [-0.05, 0) is 31.0 Å². The van der Waals surface area contributed by atoms with Crippen LogP contribution in [0.3, 0.4) is 0 Å². The Hall–Kier alpha value is -3.49. The Morgan fingerprint density at radius 1 is 1.30 bits per heavy atom. The third-order valence-corrected chi connectivity index (χ3v) is 3.79. The van der Waals surface area contributed by atoms with Gasteiger partial charge in [-0.25, -0.2) is 14.5 Å². The molecule has 1 amide bonds. The predicted molar refractivity (Wildman–Crippen MR) is 94.9 cm³/mol. The molecule has 0 fully saturated rings. The third-order valence-electron chi connectivity index (χ3n) is 3.79. The minimum absolute atomic E-state index is 0.282. The molecule has 9 heteroatoms. The minimum Gasteiger partial charge on any atom is -0.449 e. The van der Waals surface area contributed by atoms with Crippen molar-refractivity contribution in [1.29, 1.82) is 0 Å². The van der Waals surface area contributed by atoms with Crippen molar-refractivity contribution in [2.24, 2.45) is 0 Å². The van der Waals surface area contributed by atoms with Crippen LogP contribution in [-0.4, -0.2) is 37.9 Å². The molecule has 27 heavy (non-hydrogen) atoms. The number of hydrogen-bond acceptors (Lipinski definition) is 7. The van der Waals surface area contributed by atoms with Crippen LogP contribution in [0.15, 0.2) is 47.5 Å². The van der Waals surface area contributed by atoms with Crippen LogP contribution in [0.25, 0.3) is 0 Å². The molecule has 3 rings (SSSR count). The Kier molecular flexibility index (Phi) is 5.60. The molecule has 0 spiro atoms. The maximum absolute atomic E-state index is 12.3. The van der Waals surface area contributed by atoms with Crippen LogP contribution in [0.4, 0.5) is 5.82 Å². The lowest BCUT2D eigenvalue weighted by atomic mass is 10.1. The number of carbonyl (C=O) groups excluding carboxylic acids is 2. The number of ether oxygens (including phenoxy) is 1. The van der Waals surface area contributed by atoms with E-state index in [9.17, 15) is 9.59 Å². The normalized spacial score (nSPS) is 11.8. The molecule has 0 aliphatic heterocycles. The number of aryl methyl sites for hydroxylation is 1. The lowest BCUT2D eigenvalue weighted by Gasteiger charge is -2.15. The Bertz CT molecular complexity index is 902. The van der Waals surface area contributed by atoms with Gasteiger partial charge in [-0.1, -0.05) is 24.2 Å². The Labute approximate surface area is 155 Å². The van der Waals surface area contributed by atoms with Crippen LogP contribution in [0.5, 0.6) is 0 Å². The molecule has 9 nitrogen and oxygen atoms in total. The van der Waals surface area contributed by atoms with Gasteiger partial charge in [0.25, 0.3) is 5.91 Å². The summed E-state index contributed by atoms with van der Waals surface area (Å²) in [4.78, 5) is 28.5. The highest BCUT2D eigenvalue weighted by Gasteiger charge is 2.23. The quantitative estimate of drug-likeness (QED) is 0.635. The summed E-state index contributed by atoms with van der Waals surface area (Å²) in [6.45, 7) is 4.02.